The summed E-state index contributed by atoms with van der Waals surface area (Å²) in [7, 11) is 1.79. The van der Waals surface area contributed by atoms with Gasteiger partial charge in [0, 0.05) is 0 Å². The summed E-state index contributed by atoms with van der Waals surface area (Å²) in [5.74, 6) is 0.0925. The molecule has 5 heteroatoms. The molecule has 1 N–H and O–H groups in total. The molecule has 1 aliphatic rings. The van der Waals surface area contributed by atoms with E-state index in [9.17, 15) is 4.79 Å². The van der Waals surface area contributed by atoms with Crippen LogP contribution in [0.1, 0.15) is 6.92 Å². The Morgan fingerprint density at radius 3 is 3.06 bits per heavy atom. The van der Waals surface area contributed by atoms with E-state index in [1.54, 1.807) is 23.3 Å². The second kappa shape index (κ2) is 4.95. The van der Waals surface area contributed by atoms with E-state index in [-0.39, 0.29) is 18.1 Å². The van der Waals surface area contributed by atoms with Crippen molar-refractivity contribution < 1.29 is 9.53 Å². The average Bonchev–Trinajstić information content (AvgIpc) is 2.74. The first kappa shape index (κ1) is 11.6. The first-order valence-corrected chi connectivity index (χ1v) is 6.25. The maximum absolute atomic E-state index is 12.3. The van der Waals surface area contributed by atoms with E-state index in [0.717, 1.165) is 5.00 Å². The molecule has 1 amide bonds. The third-order valence-corrected chi connectivity index (χ3v) is 3.67. The minimum Gasteiger partial charge on any atom is -0.374 e. The van der Waals surface area contributed by atoms with Crippen LogP contribution in [-0.2, 0) is 9.53 Å². The van der Waals surface area contributed by atoms with Gasteiger partial charge in [-0.2, -0.15) is 0 Å². The summed E-state index contributed by atoms with van der Waals surface area (Å²) >= 11 is 1.58. The molecule has 0 radical (unpaired) electrons. The van der Waals surface area contributed by atoms with Crippen molar-refractivity contribution in [3.8, 4) is 0 Å². The van der Waals surface area contributed by atoms with E-state index >= 15 is 0 Å². The Bertz CT molecular complexity index is 353. The van der Waals surface area contributed by atoms with E-state index in [1.807, 2.05) is 24.4 Å². The second-order valence-electron chi connectivity index (χ2n) is 3.78. The largest absolute Gasteiger partial charge is 0.374 e. The lowest BCUT2D eigenvalue weighted by Gasteiger charge is -2.23. The van der Waals surface area contributed by atoms with Crippen LogP contribution in [0.3, 0.4) is 0 Å². The van der Waals surface area contributed by atoms with Crippen LogP contribution in [0.25, 0.3) is 0 Å². The van der Waals surface area contributed by atoms with E-state index < -0.39 is 0 Å². The van der Waals surface area contributed by atoms with E-state index in [2.05, 4.69) is 5.32 Å². The summed E-state index contributed by atoms with van der Waals surface area (Å²) in [5.41, 5.74) is 0. The Hall–Kier alpha value is -0.910. The molecule has 0 aliphatic carbocycles. The van der Waals surface area contributed by atoms with Crippen molar-refractivity contribution in [1.82, 2.24) is 5.32 Å². The number of thiophene rings is 1. The number of amides is 1. The molecule has 16 heavy (non-hydrogen) atoms. The van der Waals surface area contributed by atoms with Gasteiger partial charge in [0.15, 0.2) is 0 Å². The van der Waals surface area contributed by atoms with Crippen molar-refractivity contribution in [2.24, 2.45) is 0 Å². The summed E-state index contributed by atoms with van der Waals surface area (Å²) in [6.45, 7) is 3.14. The van der Waals surface area contributed by atoms with Crippen molar-refractivity contribution in [2.75, 3.05) is 25.1 Å². The molecule has 0 aromatic carbocycles. The van der Waals surface area contributed by atoms with Gasteiger partial charge in [0.1, 0.15) is 6.04 Å². The summed E-state index contributed by atoms with van der Waals surface area (Å²) in [6.07, 6.45) is -0.0811. The van der Waals surface area contributed by atoms with E-state index in [0.29, 0.717) is 13.2 Å². The van der Waals surface area contributed by atoms with Crippen molar-refractivity contribution in [2.45, 2.75) is 19.1 Å². The average molecular weight is 240 g/mol. The van der Waals surface area contributed by atoms with Crippen LogP contribution in [0.5, 0.6) is 0 Å². The predicted octanol–water partition coefficient (Wildman–Crippen LogP) is 1.09. The molecule has 2 rings (SSSR count). The van der Waals surface area contributed by atoms with Gasteiger partial charge in [0.2, 0.25) is 5.91 Å². The quantitative estimate of drug-likeness (QED) is 0.841. The first-order valence-electron chi connectivity index (χ1n) is 5.38. The summed E-state index contributed by atoms with van der Waals surface area (Å²) in [5, 5.41) is 5.99. The van der Waals surface area contributed by atoms with Gasteiger partial charge in [-0.05, 0) is 31.5 Å². The molecule has 1 saturated heterocycles. The minimum absolute atomic E-state index is 0.0811. The van der Waals surface area contributed by atoms with Gasteiger partial charge in [0.25, 0.3) is 0 Å². The number of likely N-dealkylation sites (N-methyl/N-ethyl adjacent to an activating group) is 1. The number of anilines is 1. The summed E-state index contributed by atoms with van der Waals surface area (Å²) in [6, 6.07) is 3.66. The molecule has 0 bridgehead atoms. The van der Waals surface area contributed by atoms with Crippen molar-refractivity contribution in [3.63, 3.8) is 0 Å². The van der Waals surface area contributed by atoms with Gasteiger partial charge < -0.3 is 15.0 Å². The monoisotopic (exact) mass is 240 g/mol. The standard InChI is InChI=1S/C11H16N2O2S/c1-8-10(12-2)11(14)13(5-6-15-8)9-4-3-7-16-9/h3-4,7-8,10,12H,5-6H2,1-2H3. The Morgan fingerprint density at radius 1 is 1.62 bits per heavy atom. The molecule has 1 aliphatic heterocycles. The number of nitrogens with one attached hydrogen (secondary N) is 1. The number of carbonyl (C=O) groups excluding carboxylic acids is 1. The highest BCUT2D eigenvalue weighted by molar-refractivity contribution is 7.14. The van der Waals surface area contributed by atoms with Gasteiger partial charge in [-0.15, -0.1) is 11.3 Å². The molecule has 1 aromatic heterocycles. The molecular formula is C11H16N2O2S. The smallest absolute Gasteiger partial charge is 0.247 e. The molecule has 1 aromatic rings. The number of nitrogens with zero attached hydrogens (tertiary/aromatic N) is 1. The zero-order chi connectivity index (χ0) is 11.5. The number of rotatable bonds is 2. The maximum Gasteiger partial charge on any atom is 0.247 e. The predicted molar refractivity (Wildman–Crippen MR) is 64.9 cm³/mol. The lowest BCUT2D eigenvalue weighted by molar-refractivity contribution is -0.122. The molecule has 2 atom stereocenters. The SMILES string of the molecule is CNC1C(=O)N(c2cccs2)CCOC1C. The highest BCUT2D eigenvalue weighted by Gasteiger charge is 2.32. The lowest BCUT2D eigenvalue weighted by atomic mass is 10.1. The maximum atomic E-state index is 12.3. The Balaban J connectivity index is 2.23. The molecule has 1 fully saturated rings. The fourth-order valence-electron chi connectivity index (χ4n) is 1.91. The minimum atomic E-state index is -0.260. The van der Waals surface area contributed by atoms with Crippen LogP contribution < -0.4 is 10.2 Å². The molecule has 0 saturated carbocycles. The summed E-state index contributed by atoms with van der Waals surface area (Å²) < 4.78 is 5.58. The van der Waals surface area contributed by atoms with Gasteiger partial charge >= 0.3 is 0 Å². The zero-order valence-corrected chi connectivity index (χ0v) is 10.3. The number of hydrogen-bond acceptors (Lipinski definition) is 4. The topological polar surface area (TPSA) is 41.6 Å². The van der Waals surface area contributed by atoms with Crippen LogP contribution in [0.4, 0.5) is 5.00 Å². The van der Waals surface area contributed by atoms with Crippen LogP contribution in [0.15, 0.2) is 17.5 Å². The van der Waals surface area contributed by atoms with Crippen LogP contribution in [0, 0.1) is 0 Å². The van der Waals surface area contributed by atoms with Crippen molar-refractivity contribution in [3.05, 3.63) is 17.5 Å². The zero-order valence-electron chi connectivity index (χ0n) is 9.47. The van der Waals surface area contributed by atoms with Gasteiger partial charge in [0.05, 0.1) is 24.3 Å². The lowest BCUT2D eigenvalue weighted by Crippen LogP contribution is -2.49. The number of hydrogen-bond donors (Lipinski definition) is 1. The summed E-state index contributed by atoms with van der Waals surface area (Å²) in [4.78, 5) is 14.1. The Morgan fingerprint density at radius 2 is 2.44 bits per heavy atom. The number of carbonyl (C=O) groups is 1. The molecule has 0 spiro atoms. The molecular weight excluding hydrogens is 224 g/mol. The second-order valence-corrected chi connectivity index (χ2v) is 4.71. The van der Waals surface area contributed by atoms with E-state index in [4.69, 9.17) is 4.74 Å². The van der Waals surface area contributed by atoms with Gasteiger partial charge in [-0.25, -0.2) is 0 Å². The van der Waals surface area contributed by atoms with Gasteiger partial charge in [-0.1, -0.05) is 0 Å². The third kappa shape index (κ3) is 2.11. The Kier molecular flexibility index (Phi) is 3.58. The van der Waals surface area contributed by atoms with Crippen LogP contribution >= 0.6 is 11.3 Å². The first-order chi connectivity index (χ1) is 7.74. The third-order valence-electron chi connectivity index (χ3n) is 2.78. The van der Waals surface area contributed by atoms with Gasteiger partial charge in [-0.3, -0.25) is 4.79 Å². The van der Waals surface area contributed by atoms with Crippen molar-refractivity contribution >= 4 is 22.2 Å². The van der Waals surface area contributed by atoms with E-state index in [1.165, 1.54) is 0 Å². The molecule has 2 unspecified atom stereocenters. The molecule has 2 heterocycles. The number of ether oxygens (including phenoxy) is 1. The van der Waals surface area contributed by atoms with Crippen LogP contribution in [-0.4, -0.2) is 38.3 Å². The molecule has 88 valence electrons. The normalized spacial score (nSPS) is 26.9. The Labute approximate surface area is 99.2 Å². The fourth-order valence-corrected chi connectivity index (χ4v) is 2.67. The highest BCUT2D eigenvalue weighted by Crippen LogP contribution is 2.23. The molecule has 4 nitrogen and oxygen atoms in total. The van der Waals surface area contributed by atoms with Crippen LogP contribution in [0.2, 0.25) is 0 Å². The fraction of sp³-hybridized carbons (Fsp3) is 0.545. The van der Waals surface area contributed by atoms with Crippen molar-refractivity contribution in [1.29, 1.82) is 0 Å². The highest BCUT2D eigenvalue weighted by atomic mass is 32.1.